The maximum absolute atomic E-state index is 9.60. The van der Waals surface area contributed by atoms with E-state index < -0.39 is 0 Å². The van der Waals surface area contributed by atoms with E-state index in [-0.39, 0.29) is 47.9 Å². The van der Waals surface area contributed by atoms with Crippen LogP contribution < -0.4 is 0 Å². The number of hydrogen-bond donors (Lipinski definition) is 1. The van der Waals surface area contributed by atoms with Gasteiger partial charge < -0.3 is 35.2 Å². The molecule has 6 aromatic rings. The van der Waals surface area contributed by atoms with Gasteiger partial charge in [0.1, 0.15) is 5.76 Å². The summed E-state index contributed by atoms with van der Waals surface area (Å²) in [6.07, 6.45) is 5.11. The predicted molar refractivity (Wildman–Crippen MR) is 193 cm³/mol. The summed E-state index contributed by atoms with van der Waals surface area (Å²) in [6, 6.07) is 35.4. The smallest absolute Gasteiger partial charge is 0.325 e. The van der Waals surface area contributed by atoms with E-state index >= 15 is 0 Å². The van der Waals surface area contributed by atoms with Crippen molar-refractivity contribution in [1.29, 1.82) is 0 Å². The van der Waals surface area contributed by atoms with E-state index in [1.807, 2.05) is 102 Å². The van der Waals surface area contributed by atoms with Gasteiger partial charge in [-0.25, -0.2) is 0 Å². The summed E-state index contributed by atoms with van der Waals surface area (Å²) in [5, 5.41) is 16.0. The SMILES string of the molecule is CC(C)(C)C(=[OH+])/C=C(\O)C(C)(C)C.CC1(C)c2cc[c-]c3c4ncccc4c4cccc1c4c23.[Ir-3].[c-]1ccccc1-c1ccccn1. The first kappa shape index (κ1) is 35.7. The molecule has 0 aliphatic heterocycles. The Bertz CT molecular complexity index is 1930. The van der Waals surface area contributed by atoms with Gasteiger partial charge >= 0.3 is 5.78 Å². The van der Waals surface area contributed by atoms with Crippen molar-refractivity contribution in [2.75, 3.05) is 0 Å². The Morgan fingerprint density at radius 3 is 2.04 bits per heavy atom. The molecule has 0 saturated carbocycles. The number of fused-ring (bicyclic) bond motifs is 3. The molecule has 0 radical (unpaired) electrons. The van der Waals surface area contributed by atoms with Crippen LogP contribution in [-0.2, 0) is 25.5 Å². The Morgan fingerprint density at radius 1 is 0.723 bits per heavy atom. The first-order valence-corrected chi connectivity index (χ1v) is 15.7. The van der Waals surface area contributed by atoms with E-state index in [9.17, 15) is 9.90 Å². The fourth-order valence-electron chi connectivity index (χ4n) is 5.64. The molecule has 0 saturated heterocycles. The van der Waals surface area contributed by atoms with Gasteiger partial charge in [0, 0.05) is 17.8 Å². The Labute approximate surface area is 292 Å². The number of nitrogens with zero attached hydrogens (tertiary/aromatic N) is 2. The second-order valence-corrected chi connectivity index (χ2v) is 14.3. The van der Waals surface area contributed by atoms with Crippen molar-refractivity contribution in [3.8, 4) is 11.3 Å². The largest absolute Gasteiger partial charge is 3.00 e. The summed E-state index contributed by atoms with van der Waals surface area (Å²) in [7, 11) is 0. The normalized spacial score (nSPS) is 13.4. The van der Waals surface area contributed by atoms with E-state index in [4.69, 9.17) is 0 Å². The van der Waals surface area contributed by atoms with E-state index in [0.29, 0.717) is 0 Å². The second kappa shape index (κ2) is 13.9. The molecule has 47 heavy (non-hydrogen) atoms. The monoisotopic (exact) mass is 800 g/mol. The van der Waals surface area contributed by atoms with E-state index in [1.54, 1.807) is 6.20 Å². The van der Waals surface area contributed by atoms with Crippen LogP contribution in [0.2, 0.25) is 0 Å². The van der Waals surface area contributed by atoms with E-state index in [1.165, 1.54) is 38.7 Å². The van der Waals surface area contributed by atoms with Gasteiger partial charge in [-0.15, -0.1) is 65.0 Å². The minimum Gasteiger partial charge on any atom is -3.00 e. The zero-order valence-electron chi connectivity index (χ0n) is 28.4. The van der Waals surface area contributed by atoms with Crippen molar-refractivity contribution in [3.05, 3.63) is 132 Å². The van der Waals surface area contributed by atoms with Gasteiger partial charge in [0.05, 0.1) is 11.5 Å². The van der Waals surface area contributed by atoms with Gasteiger partial charge in [-0.1, -0.05) is 76.4 Å². The van der Waals surface area contributed by atoms with Gasteiger partial charge in [0.25, 0.3) is 0 Å². The number of benzene rings is 4. The number of ketones is 1. The first-order valence-electron chi connectivity index (χ1n) is 15.7. The third-order valence-corrected chi connectivity index (χ3v) is 8.45. The van der Waals surface area contributed by atoms with Crippen molar-refractivity contribution in [2.24, 2.45) is 10.8 Å². The average Bonchev–Trinajstić information content (AvgIpc) is 3.28. The zero-order chi connectivity index (χ0) is 33.3. The molecule has 5 heteroatoms. The van der Waals surface area contributed by atoms with Crippen LogP contribution in [-0.4, -0.2) is 25.7 Å². The number of pyridine rings is 2. The molecule has 2 N–H and O–H groups in total. The Morgan fingerprint density at radius 2 is 1.40 bits per heavy atom. The topological polar surface area (TPSA) is 67.4 Å². The molecule has 0 bridgehead atoms. The molecule has 7 rings (SSSR count). The molecule has 1 aliphatic carbocycles. The van der Waals surface area contributed by atoms with Gasteiger partial charge in [-0.3, -0.25) is 4.79 Å². The standard InChI is InChI=1S/C20H14N.C11H8N.C11H20O2.Ir/c1-20(2)15-9-3-6-12-13-8-5-11-21-19(13)14-7-4-10-16(20)18(14)17(12)15;1-2-6-10(7-3-1)11-8-4-5-9-12-11;1-10(2,3)8(12)7-9(13)11(4,5)6;/h3-6,8-11H,1-2H3;1-6,8-9H;7,12H,1-6H3;/q2*-1;;-3/p+1/b;;8-7-;. The Kier molecular flexibility index (Phi) is 10.5. The number of aliphatic hydroxyl groups is 1. The quantitative estimate of drug-likeness (QED) is 0.0624. The van der Waals surface area contributed by atoms with Crippen molar-refractivity contribution in [2.45, 2.75) is 60.8 Å². The third kappa shape index (κ3) is 7.38. The van der Waals surface area contributed by atoms with Crippen LogP contribution in [0.15, 0.2) is 109 Å². The molecule has 0 fully saturated rings. The number of carbonyl (C=O) groups excluding carboxylic acids is 1. The van der Waals surface area contributed by atoms with Gasteiger partial charge in [0.2, 0.25) is 0 Å². The maximum Gasteiger partial charge on any atom is 0.325 e. The molecule has 2 aromatic heterocycles. The molecule has 0 atom stereocenters. The molecular weight excluding hydrogens is 757 g/mol. The van der Waals surface area contributed by atoms with Crippen molar-refractivity contribution >= 4 is 38.2 Å². The Hall–Kier alpha value is -4.18. The fourth-order valence-corrected chi connectivity index (χ4v) is 5.64. The molecular formula is C42H43IrN2O2-4. The maximum atomic E-state index is 9.60. The number of allylic oxidation sites excluding steroid dienone is 2. The summed E-state index contributed by atoms with van der Waals surface area (Å²) in [5.74, 6) is 0.417. The second-order valence-electron chi connectivity index (χ2n) is 14.3. The first-order chi connectivity index (χ1) is 21.7. The minimum atomic E-state index is -0.306. The van der Waals surface area contributed by atoms with Gasteiger partial charge in [-0.05, 0) is 71.3 Å². The average molecular weight is 800 g/mol. The Balaban J connectivity index is 0.000000169. The fraction of sp³-hybridized carbons (Fsp3) is 0.262. The number of rotatable bonds is 2. The number of aromatic nitrogens is 2. The van der Waals surface area contributed by atoms with E-state index in [2.05, 4.69) is 66.3 Å². The number of aliphatic hydroxyl groups excluding tert-OH is 1. The summed E-state index contributed by atoms with van der Waals surface area (Å²) in [5.41, 5.74) is 5.33. The molecule has 2 heterocycles. The van der Waals surface area contributed by atoms with Crippen LogP contribution in [0.4, 0.5) is 0 Å². The molecule has 1 aliphatic rings. The molecule has 0 spiro atoms. The summed E-state index contributed by atoms with van der Waals surface area (Å²) < 4.78 is 0. The summed E-state index contributed by atoms with van der Waals surface area (Å²) in [6.45, 7) is 16.0. The molecule has 4 nitrogen and oxygen atoms in total. The molecule has 246 valence electrons. The zero-order valence-corrected chi connectivity index (χ0v) is 30.8. The molecule has 0 unspecified atom stereocenters. The van der Waals surface area contributed by atoms with Crippen LogP contribution in [0.5, 0.6) is 0 Å². The summed E-state index contributed by atoms with van der Waals surface area (Å²) in [4.78, 5) is 18.5. The molecule has 4 aromatic carbocycles. The van der Waals surface area contributed by atoms with E-state index in [0.717, 1.165) is 22.2 Å². The number of hydrogen-bond acceptors (Lipinski definition) is 3. The van der Waals surface area contributed by atoms with Crippen molar-refractivity contribution < 1.29 is 30.0 Å². The minimum absolute atomic E-state index is 0. The van der Waals surface area contributed by atoms with Crippen LogP contribution >= 0.6 is 0 Å². The van der Waals surface area contributed by atoms with Crippen LogP contribution in [0, 0.1) is 23.0 Å². The van der Waals surface area contributed by atoms with Crippen LogP contribution in [0.1, 0.15) is 66.5 Å². The van der Waals surface area contributed by atoms with Crippen LogP contribution in [0.25, 0.3) is 43.7 Å². The van der Waals surface area contributed by atoms with Gasteiger partial charge in [0.15, 0.2) is 0 Å². The molecule has 0 amide bonds. The van der Waals surface area contributed by atoms with Crippen molar-refractivity contribution in [1.82, 2.24) is 9.97 Å². The van der Waals surface area contributed by atoms with Gasteiger partial charge in [-0.2, -0.15) is 0 Å². The summed E-state index contributed by atoms with van der Waals surface area (Å²) >= 11 is 0. The predicted octanol–water partition coefficient (Wildman–Crippen LogP) is 10.6. The van der Waals surface area contributed by atoms with Crippen molar-refractivity contribution in [3.63, 3.8) is 0 Å². The van der Waals surface area contributed by atoms with Crippen LogP contribution in [0.3, 0.4) is 0 Å². The third-order valence-electron chi connectivity index (χ3n) is 8.45.